The molecular formula is C52H34N2O2S. The van der Waals surface area contributed by atoms with Gasteiger partial charge in [0.25, 0.3) is 0 Å². The van der Waals surface area contributed by atoms with Crippen LogP contribution in [0.25, 0.3) is 86.9 Å². The zero-order valence-electron chi connectivity index (χ0n) is 31.3. The van der Waals surface area contributed by atoms with E-state index < -0.39 is 0 Å². The molecule has 0 saturated heterocycles. The molecule has 0 saturated carbocycles. The minimum atomic E-state index is -0.126. The third kappa shape index (κ3) is 4.76. The monoisotopic (exact) mass is 750 g/mol. The predicted octanol–water partition coefficient (Wildman–Crippen LogP) is 15.2. The molecule has 270 valence electrons. The van der Waals surface area contributed by atoms with Crippen LogP contribution >= 0.6 is 11.3 Å². The molecule has 1 aliphatic carbocycles. The van der Waals surface area contributed by atoms with Crippen LogP contribution in [0.1, 0.15) is 25.0 Å². The number of thiophene rings is 1. The molecule has 0 unspecified atom stereocenters. The highest BCUT2D eigenvalue weighted by atomic mass is 32.1. The van der Waals surface area contributed by atoms with E-state index in [1.165, 1.54) is 42.4 Å². The number of anilines is 3. The fourth-order valence-corrected chi connectivity index (χ4v) is 10.3. The van der Waals surface area contributed by atoms with Gasteiger partial charge in [-0.3, -0.25) is 0 Å². The van der Waals surface area contributed by atoms with Crippen molar-refractivity contribution < 1.29 is 8.83 Å². The van der Waals surface area contributed by atoms with Gasteiger partial charge in [0.2, 0.25) is 5.89 Å². The SMILES string of the molecule is CC1(C)c2ccccc2-c2c(N(c3ccc(-c4c5nc(-c6ccccc6)oc5cc5oc6ccccc6c45)cc3)c3ccc4sc5ccccc5c4c3)cccc21. The van der Waals surface area contributed by atoms with Gasteiger partial charge in [0.15, 0.2) is 5.58 Å². The van der Waals surface area contributed by atoms with Crippen molar-refractivity contribution in [1.29, 1.82) is 0 Å². The maximum absolute atomic E-state index is 6.47. The molecule has 11 aromatic rings. The number of nitrogens with zero attached hydrogens (tertiary/aromatic N) is 2. The van der Waals surface area contributed by atoms with Crippen LogP contribution < -0.4 is 4.90 Å². The van der Waals surface area contributed by atoms with Crippen molar-refractivity contribution in [3.63, 3.8) is 0 Å². The molecule has 12 rings (SSSR count). The first-order valence-electron chi connectivity index (χ1n) is 19.4. The average Bonchev–Trinajstić information content (AvgIpc) is 4.01. The third-order valence-electron chi connectivity index (χ3n) is 11.9. The summed E-state index contributed by atoms with van der Waals surface area (Å²) in [5.74, 6) is 0.587. The molecule has 0 amide bonds. The minimum Gasteiger partial charge on any atom is -0.456 e. The third-order valence-corrected chi connectivity index (χ3v) is 13.1. The second-order valence-electron chi connectivity index (χ2n) is 15.5. The van der Waals surface area contributed by atoms with E-state index in [4.69, 9.17) is 13.8 Å². The van der Waals surface area contributed by atoms with E-state index in [2.05, 4.69) is 140 Å². The van der Waals surface area contributed by atoms with Crippen LogP contribution in [0.5, 0.6) is 0 Å². The number of hydrogen-bond acceptors (Lipinski definition) is 5. The predicted molar refractivity (Wildman–Crippen MR) is 237 cm³/mol. The van der Waals surface area contributed by atoms with E-state index in [9.17, 15) is 0 Å². The Labute approximate surface area is 332 Å². The van der Waals surface area contributed by atoms with Gasteiger partial charge in [-0.15, -0.1) is 11.3 Å². The van der Waals surface area contributed by atoms with E-state index in [0.29, 0.717) is 11.5 Å². The second kappa shape index (κ2) is 12.0. The molecule has 57 heavy (non-hydrogen) atoms. The van der Waals surface area contributed by atoms with Crippen molar-refractivity contribution in [1.82, 2.24) is 4.98 Å². The highest BCUT2D eigenvalue weighted by Crippen LogP contribution is 2.54. The van der Waals surface area contributed by atoms with Gasteiger partial charge in [-0.2, -0.15) is 0 Å². The van der Waals surface area contributed by atoms with Gasteiger partial charge < -0.3 is 13.7 Å². The summed E-state index contributed by atoms with van der Waals surface area (Å²) >= 11 is 1.85. The fraction of sp³-hybridized carbons (Fsp3) is 0.0577. The smallest absolute Gasteiger partial charge is 0.227 e. The molecule has 0 bridgehead atoms. The van der Waals surface area contributed by atoms with Gasteiger partial charge in [-0.1, -0.05) is 117 Å². The van der Waals surface area contributed by atoms with Crippen LogP contribution in [0.3, 0.4) is 0 Å². The summed E-state index contributed by atoms with van der Waals surface area (Å²) in [5, 5.41) is 4.64. The van der Waals surface area contributed by atoms with Crippen LogP contribution in [0.4, 0.5) is 17.1 Å². The van der Waals surface area contributed by atoms with Gasteiger partial charge in [-0.25, -0.2) is 4.98 Å². The number of hydrogen-bond donors (Lipinski definition) is 0. The Morgan fingerprint density at radius 3 is 2.11 bits per heavy atom. The Hall–Kier alpha value is -6.95. The standard InChI is InChI=1S/C52H34N2O2S/c1-52(2)39-18-9-6-16-36(39)48-40(52)19-12-20-41(48)54(34-27-28-46-38(29-34)35-15-8-11-22-45(35)57-46)33-25-23-31(24-26-33)47-49-37-17-7-10-21-42(37)55-43(49)30-44-50(47)53-51(56-44)32-13-4-3-5-14-32/h3-30H,1-2H3. The molecule has 0 radical (unpaired) electrons. The van der Waals surface area contributed by atoms with E-state index in [1.54, 1.807) is 0 Å². The molecule has 3 heterocycles. The summed E-state index contributed by atoms with van der Waals surface area (Å²) in [6.07, 6.45) is 0. The number of benzene rings is 8. The molecule has 0 fully saturated rings. The fourth-order valence-electron chi connectivity index (χ4n) is 9.23. The lowest BCUT2D eigenvalue weighted by Gasteiger charge is -2.29. The molecule has 3 aromatic heterocycles. The number of rotatable bonds is 5. The van der Waals surface area contributed by atoms with Gasteiger partial charge in [0.05, 0.1) is 5.69 Å². The maximum Gasteiger partial charge on any atom is 0.227 e. The first kappa shape index (κ1) is 32.3. The lowest BCUT2D eigenvalue weighted by Crippen LogP contribution is -2.16. The van der Waals surface area contributed by atoms with Crippen molar-refractivity contribution in [2.45, 2.75) is 19.3 Å². The van der Waals surface area contributed by atoms with Crippen molar-refractivity contribution >= 4 is 81.6 Å². The normalized spacial score (nSPS) is 13.2. The van der Waals surface area contributed by atoms with Gasteiger partial charge in [-0.05, 0) is 82.9 Å². The topological polar surface area (TPSA) is 42.4 Å². The Morgan fingerprint density at radius 1 is 0.509 bits per heavy atom. The molecule has 0 atom stereocenters. The van der Waals surface area contributed by atoms with Gasteiger partial charge in [0.1, 0.15) is 16.7 Å². The Bertz CT molecular complexity index is 3390. The van der Waals surface area contributed by atoms with E-state index >= 15 is 0 Å². The van der Waals surface area contributed by atoms with Gasteiger partial charge in [0, 0.05) is 70.5 Å². The zero-order chi connectivity index (χ0) is 37.8. The lowest BCUT2D eigenvalue weighted by atomic mass is 9.82. The summed E-state index contributed by atoms with van der Waals surface area (Å²) in [5.41, 5.74) is 14.6. The molecule has 0 aliphatic heterocycles. The summed E-state index contributed by atoms with van der Waals surface area (Å²) in [7, 11) is 0. The molecule has 5 heteroatoms. The summed E-state index contributed by atoms with van der Waals surface area (Å²) < 4.78 is 15.5. The molecule has 0 spiro atoms. The quantitative estimate of drug-likeness (QED) is 0.176. The molecule has 0 N–H and O–H groups in total. The number of furan rings is 1. The molecule has 4 nitrogen and oxygen atoms in total. The zero-order valence-corrected chi connectivity index (χ0v) is 32.1. The molecular weight excluding hydrogens is 717 g/mol. The van der Waals surface area contributed by atoms with Crippen LogP contribution in [0.15, 0.2) is 179 Å². The Balaban J connectivity index is 1.09. The number of fused-ring (bicyclic) bond motifs is 10. The van der Waals surface area contributed by atoms with Crippen molar-refractivity contribution in [3.05, 3.63) is 181 Å². The highest BCUT2D eigenvalue weighted by molar-refractivity contribution is 7.25. The van der Waals surface area contributed by atoms with Crippen molar-refractivity contribution in [3.8, 4) is 33.7 Å². The molecule has 8 aromatic carbocycles. The van der Waals surface area contributed by atoms with E-state index in [0.717, 1.165) is 61.2 Å². The molecule has 1 aliphatic rings. The Kier molecular flexibility index (Phi) is 6.82. The summed E-state index contributed by atoms with van der Waals surface area (Å²) in [6, 6.07) is 60.6. The summed E-state index contributed by atoms with van der Waals surface area (Å²) in [4.78, 5) is 7.60. The van der Waals surface area contributed by atoms with Gasteiger partial charge >= 0.3 is 0 Å². The van der Waals surface area contributed by atoms with Crippen molar-refractivity contribution in [2.75, 3.05) is 4.90 Å². The highest BCUT2D eigenvalue weighted by Gasteiger charge is 2.37. The van der Waals surface area contributed by atoms with Crippen LogP contribution in [-0.2, 0) is 5.41 Å². The second-order valence-corrected chi connectivity index (χ2v) is 16.6. The minimum absolute atomic E-state index is 0.126. The first-order valence-corrected chi connectivity index (χ1v) is 20.2. The van der Waals surface area contributed by atoms with E-state index in [1.807, 2.05) is 59.9 Å². The number of oxazole rings is 1. The maximum atomic E-state index is 6.47. The average molecular weight is 751 g/mol. The first-order chi connectivity index (χ1) is 28.0. The summed E-state index contributed by atoms with van der Waals surface area (Å²) in [6.45, 7) is 4.69. The number of aromatic nitrogens is 1. The Morgan fingerprint density at radius 2 is 1.23 bits per heavy atom. The lowest BCUT2D eigenvalue weighted by molar-refractivity contribution is 0.617. The van der Waals surface area contributed by atoms with Crippen LogP contribution in [-0.4, -0.2) is 4.98 Å². The van der Waals surface area contributed by atoms with Crippen molar-refractivity contribution in [2.24, 2.45) is 0 Å². The number of para-hydroxylation sites is 1. The van der Waals surface area contributed by atoms with E-state index in [-0.39, 0.29) is 5.41 Å². The largest absolute Gasteiger partial charge is 0.456 e. The van der Waals surface area contributed by atoms with Crippen LogP contribution in [0, 0.1) is 0 Å². The van der Waals surface area contributed by atoms with Crippen LogP contribution in [0.2, 0.25) is 0 Å².